The molecule has 0 unspecified atom stereocenters. The number of anilines is 3. The highest BCUT2D eigenvalue weighted by molar-refractivity contribution is 5.65. The first kappa shape index (κ1) is 13.3. The molecule has 5 heteroatoms. The number of nitrogen functional groups attached to an aromatic ring is 1. The molecule has 0 saturated carbocycles. The van der Waals surface area contributed by atoms with Crippen LogP contribution in [0.15, 0.2) is 42.5 Å². The van der Waals surface area contributed by atoms with Crippen molar-refractivity contribution in [2.75, 3.05) is 11.1 Å². The van der Waals surface area contributed by atoms with Crippen LogP contribution >= 0.6 is 0 Å². The average Bonchev–Trinajstić information content (AvgIpc) is 2.33. The van der Waals surface area contributed by atoms with Gasteiger partial charge in [-0.05, 0) is 37.3 Å². The fraction of sp³-hybridized carbons (Fsp3) is 0.143. The number of aryl methyl sites for hydroxylation is 1. The van der Waals surface area contributed by atoms with Crippen LogP contribution in [0.2, 0.25) is 0 Å². The molecule has 19 heavy (non-hydrogen) atoms. The van der Waals surface area contributed by atoms with Crippen LogP contribution in [-0.2, 0) is 6.18 Å². The molecule has 0 aliphatic heterocycles. The largest absolute Gasteiger partial charge is 0.418 e. The fourth-order valence-corrected chi connectivity index (χ4v) is 1.68. The summed E-state index contributed by atoms with van der Waals surface area (Å²) in [4.78, 5) is 0. The molecule has 0 bridgehead atoms. The maximum Gasteiger partial charge on any atom is 0.418 e. The van der Waals surface area contributed by atoms with E-state index in [2.05, 4.69) is 5.32 Å². The zero-order chi connectivity index (χ0) is 14.0. The van der Waals surface area contributed by atoms with Crippen LogP contribution in [0.3, 0.4) is 0 Å². The van der Waals surface area contributed by atoms with E-state index in [9.17, 15) is 13.2 Å². The van der Waals surface area contributed by atoms with E-state index < -0.39 is 11.7 Å². The number of rotatable bonds is 2. The summed E-state index contributed by atoms with van der Waals surface area (Å²) in [5.74, 6) is 0. The topological polar surface area (TPSA) is 38.0 Å². The van der Waals surface area contributed by atoms with E-state index in [-0.39, 0.29) is 5.69 Å². The molecular weight excluding hydrogens is 253 g/mol. The summed E-state index contributed by atoms with van der Waals surface area (Å²) < 4.78 is 38.1. The predicted octanol–water partition coefficient (Wildman–Crippen LogP) is 4.34. The lowest BCUT2D eigenvalue weighted by Crippen LogP contribution is -2.09. The van der Waals surface area contributed by atoms with E-state index >= 15 is 0 Å². The van der Waals surface area contributed by atoms with Gasteiger partial charge in [0.15, 0.2) is 0 Å². The Morgan fingerprint density at radius 2 is 1.53 bits per heavy atom. The lowest BCUT2D eigenvalue weighted by atomic mass is 10.1. The van der Waals surface area contributed by atoms with Crippen molar-refractivity contribution in [2.45, 2.75) is 13.1 Å². The lowest BCUT2D eigenvalue weighted by molar-refractivity contribution is -0.136. The molecule has 100 valence electrons. The van der Waals surface area contributed by atoms with Gasteiger partial charge < -0.3 is 11.1 Å². The summed E-state index contributed by atoms with van der Waals surface area (Å²) in [5.41, 5.74) is 6.40. The summed E-state index contributed by atoms with van der Waals surface area (Å²) in [6, 6.07) is 11.1. The highest BCUT2D eigenvalue weighted by atomic mass is 19.4. The minimum absolute atomic E-state index is 0.276. The first-order chi connectivity index (χ1) is 8.86. The van der Waals surface area contributed by atoms with Gasteiger partial charge in [0.2, 0.25) is 0 Å². The third-order valence-electron chi connectivity index (χ3n) is 2.70. The van der Waals surface area contributed by atoms with E-state index in [4.69, 9.17) is 5.73 Å². The Hall–Kier alpha value is -2.17. The van der Waals surface area contributed by atoms with Gasteiger partial charge in [0, 0.05) is 17.1 Å². The number of hydrogen-bond donors (Lipinski definition) is 2. The van der Waals surface area contributed by atoms with Gasteiger partial charge in [0.25, 0.3) is 0 Å². The molecule has 0 atom stereocenters. The molecule has 0 amide bonds. The number of benzene rings is 2. The first-order valence-corrected chi connectivity index (χ1v) is 5.67. The Kier molecular flexibility index (Phi) is 3.38. The highest BCUT2D eigenvalue weighted by Gasteiger charge is 2.33. The van der Waals surface area contributed by atoms with Crippen LogP contribution in [0.25, 0.3) is 0 Å². The second kappa shape index (κ2) is 4.84. The Labute approximate surface area is 109 Å². The molecule has 2 aromatic rings. The van der Waals surface area contributed by atoms with Crippen LogP contribution in [0.1, 0.15) is 11.1 Å². The maximum atomic E-state index is 12.7. The molecule has 0 aliphatic rings. The molecule has 0 heterocycles. The van der Waals surface area contributed by atoms with Crippen LogP contribution < -0.4 is 11.1 Å². The van der Waals surface area contributed by atoms with Crippen molar-refractivity contribution in [3.05, 3.63) is 53.6 Å². The second-order valence-electron chi connectivity index (χ2n) is 4.29. The van der Waals surface area contributed by atoms with Crippen molar-refractivity contribution < 1.29 is 13.2 Å². The van der Waals surface area contributed by atoms with Crippen molar-refractivity contribution in [2.24, 2.45) is 0 Å². The third kappa shape index (κ3) is 3.19. The summed E-state index contributed by atoms with van der Waals surface area (Å²) in [5, 5.41) is 2.92. The van der Waals surface area contributed by atoms with Crippen molar-refractivity contribution in [3.8, 4) is 0 Å². The SMILES string of the molecule is Cc1ccc(Nc2ccc(N)c(C(F)(F)F)c2)cc1. The van der Waals surface area contributed by atoms with E-state index in [1.807, 2.05) is 19.1 Å². The van der Waals surface area contributed by atoms with Gasteiger partial charge >= 0.3 is 6.18 Å². The van der Waals surface area contributed by atoms with E-state index in [1.165, 1.54) is 12.1 Å². The van der Waals surface area contributed by atoms with Gasteiger partial charge in [-0.25, -0.2) is 0 Å². The Morgan fingerprint density at radius 1 is 0.947 bits per heavy atom. The van der Waals surface area contributed by atoms with Gasteiger partial charge in [0.05, 0.1) is 5.56 Å². The van der Waals surface area contributed by atoms with Gasteiger partial charge in [0.1, 0.15) is 0 Å². The summed E-state index contributed by atoms with van der Waals surface area (Å²) in [6.07, 6.45) is -4.45. The summed E-state index contributed by atoms with van der Waals surface area (Å²) in [6.45, 7) is 1.94. The summed E-state index contributed by atoms with van der Waals surface area (Å²) in [7, 11) is 0. The molecule has 2 aromatic carbocycles. The van der Waals surface area contributed by atoms with E-state index in [1.54, 1.807) is 12.1 Å². The minimum Gasteiger partial charge on any atom is -0.398 e. The number of alkyl halides is 3. The first-order valence-electron chi connectivity index (χ1n) is 5.67. The Morgan fingerprint density at radius 3 is 2.11 bits per heavy atom. The molecule has 0 spiro atoms. The molecule has 2 rings (SSSR count). The maximum absolute atomic E-state index is 12.7. The second-order valence-corrected chi connectivity index (χ2v) is 4.29. The molecule has 3 N–H and O–H groups in total. The monoisotopic (exact) mass is 266 g/mol. The molecule has 0 radical (unpaired) electrons. The molecule has 0 aromatic heterocycles. The zero-order valence-corrected chi connectivity index (χ0v) is 10.3. The Bertz CT molecular complexity index is 574. The predicted molar refractivity (Wildman–Crippen MR) is 70.3 cm³/mol. The number of halogens is 3. The molecule has 0 saturated heterocycles. The van der Waals surface area contributed by atoms with E-state index in [0.29, 0.717) is 5.69 Å². The highest BCUT2D eigenvalue weighted by Crippen LogP contribution is 2.35. The summed E-state index contributed by atoms with van der Waals surface area (Å²) >= 11 is 0. The fourth-order valence-electron chi connectivity index (χ4n) is 1.68. The number of nitrogens with one attached hydrogen (secondary N) is 1. The normalized spacial score (nSPS) is 11.4. The van der Waals surface area contributed by atoms with E-state index in [0.717, 1.165) is 17.3 Å². The standard InChI is InChI=1S/C14H13F3N2/c1-9-2-4-10(5-3-9)19-11-6-7-13(18)12(8-11)14(15,16)17/h2-8,19H,18H2,1H3. The molecule has 0 aliphatic carbocycles. The third-order valence-corrected chi connectivity index (χ3v) is 2.70. The van der Waals surface area contributed by atoms with Crippen molar-refractivity contribution in [1.82, 2.24) is 0 Å². The Balaban J connectivity index is 2.29. The van der Waals surface area contributed by atoms with Crippen LogP contribution in [0.5, 0.6) is 0 Å². The van der Waals surface area contributed by atoms with Gasteiger partial charge in [-0.2, -0.15) is 13.2 Å². The quantitative estimate of drug-likeness (QED) is 0.793. The molecule has 0 fully saturated rings. The van der Waals surface area contributed by atoms with Gasteiger partial charge in [-0.3, -0.25) is 0 Å². The van der Waals surface area contributed by atoms with Gasteiger partial charge in [-0.15, -0.1) is 0 Å². The van der Waals surface area contributed by atoms with Crippen LogP contribution in [-0.4, -0.2) is 0 Å². The zero-order valence-electron chi connectivity index (χ0n) is 10.3. The molecule has 2 nitrogen and oxygen atoms in total. The minimum atomic E-state index is -4.45. The molecular formula is C14H13F3N2. The average molecular weight is 266 g/mol. The van der Waals surface area contributed by atoms with Gasteiger partial charge in [-0.1, -0.05) is 17.7 Å². The lowest BCUT2D eigenvalue weighted by Gasteiger charge is -2.13. The smallest absolute Gasteiger partial charge is 0.398 e. The number of nitrogens with two attached hydrogens (primary N) is 1. The van der Waals surface area contributed by atoms with Crippen LogP contribution in [0, 0.1) is 6.92 Å². The number of hydrogen-bond acceptors (Lipinski definition) is 2. The van der Waals surface area contributed by atoms with Crippen molar-refractivity contribution in [3.63, 3.8) is 0 Å². The van der Waals surface area contributed by atoms with Crippen molar-refractivity contribution in [1.29, 1.82) is 0 Å². The van der Waals surface area contributed by atoms with Crippen molar-refractivity contribution >= 4 is 17.1 Å². The van der Waals surface area contributed by atoms with Crippen LogP contribution in [0.4, 0.5) is 30.2 Å².